The maximum absolute atomic E-state index is 13.1. The van der Waals surface area contributed by atoms with Gasteiger partial charge in [0.15, 0.2) is 0 Å². The highest BCUT2D eigenvalue weighted by Gasteiger charge is 2.24. The monoisotopic (exact) mass is 668 g/mol. The number of unbranched alkanes of at least 4 members (excludes halogenated alkanes) is 2. The number of imide groups is 1. The Morgan fingerprint density at radius 1 is 0.833 bits per heavy atom. The van der Waals surface area contributed by atoms with Crippen molar-refractivity contribution in [2.24, 2.45) is 11.7 Å². The van der Waals surface area contributed by atoms with Crippen molar-refractivity contribution in [3.05, 3.63) is 42.0 Å². The molecule has 1 aromatic carbocycles. The summed E-state index contributed by atoms with van der Waals surface area (Å²) in [6.45, 7) is 0.293. The molecule has 1 aromatic rings. The highest BCUT2D eigenvalue weighted by Crippen LogP contribution is 2.24. The first-order chi connectivity index (χ1) is 23.1. The van der Waals surface area contributed by atoms with Crippen LogP contribution in [0.4, 0.5) is 10.5 Å². The number of carbonyl (C=O) groups excluding carboxylic acids is 7. The molecule has 1 aliphatic heterocycles. The van der Waals surface area contributed by atoms with E-state index in [-0.39, 0.29) is 68.7 Å². The first-order valence-corrected chi connectivity index (χ1v) is 16.8. The molecule has 48 heavy (non-hydrogen) atoms. The fraction of sp³-hybridized carbons (Fsp3) is 0.559. The smallest absolute Gasteiger partial charge is 0.312 e. The van der Waals surface area contributed by atoms with Crippen molar-refractivity contribution in [2.75, 3.05) is 25.0 Å². The molecule has 14 nitrogen and oxygen atoms in total. The van der Waals surface area contributed by atoms with E-state index in [2.05, 4.69) is 21.3 Å². The highest BCUT2D eigenvalue weighted by atomic mass is 16.5. The normalized spacial score (nSPS) is 15.6. The molecule has 1 aliphatic carbocycles. The fourth-order valence-electron chi connectivity index (χ4n) is 5.56. The molecule has 0 radical (unpaired) electrons. The van der Waals surface area contributed by atoms with E-state index >= 15 is 0 Å². The Balaban J connectivity index is 1.41. The predicted molar refractivity (Wildman–Crippen MR) is 177 cm³/mol. The molecule has 7 amide bonds. The molecule has 0 saturated heterocycles. The van der Waals surface area contributed by atoms with E-state index < -0.39 is 23.9 Å². The van der Waals surface area contributed by atoms with Crippen LogP contribution in [0.1, 0.15) is 89.0 Å². The van der Waals surface area contributed by atoms with Gasteiger partial charge >= 0.3 is 12.0 Å². The molecular formula is C34H48N6O8. The second-order valence-corrected chi connectivity index (χ2v) is 12.1. The summed E-state index contributed by atoms with van der Waals surface area (Å²) in [7, 11) is 0. The minimum atomic E-state index is -0.959. The van der Waals surface area contributed by atoms with E-state index in [0.29, 0.717) is 31.4 Å². The zero-order valence-corrected chi connectivity index (χ0v) is 27.4. The number of amides is 7. The summed E-state index contributed by atoms with van der Waals surface area (Å²) in [6, 6.07) is 5.21. The second-order valence-electron chi connectivity index (χ2n) is 12.1. The van der Waals surface area contributed by atoms with Gasteiger partial charge in [-0.3, -0.25) is 33.7 Å². The molecule has 14 heteroatoms. The lowest BCUT2D eigenvalue weighted by atomic mass is 9.91. The lowest BCUT2D eigenvalue weighted by Crippen LogP contribution is -2.47. The van der Waals surface area contributed by atoms with Crippen molar-refractivity contribution in [1.29, 1.82) is 0 Å². The van der Waals surface area contributed by atoms with E-state index in [1.807, 2.05) is 0 Å². The van der Waals surface area contributed by atoms with Crippen molar-refractivity contribution in [1.82, 2.24) is 20.9 Å². The molecule has 1 atom stereocenters. The van der Waals surface area contributed by atoms with Crippen LogP contribution in [0.25, 0.3) is 0 Å². The number of esters is 1. The first kappa shape index (κ1) is 37.7. The van der Waals surface area contributed by atoms with Crippen molar-refractivity contribution >= 4 is 47.2 Å². The molecule has 1 saturated carbocycles. The average Bonchev–Trinajstić information content (AvgIpc) is 3.36. The number of primary amides is 1. The predicted octanol–water partition coefficient (Wildman–Crippen LogP) is 2.56. The zero-order valence-electron chi connectivity index (χ0n) is 27.4. The summed E-state index contributed by atoms with van der Waals surface area (Å²) in [5.41, 5.74) is 6.37. The lowest BCUT2D eigenvalue weighted by molar-refractivity contribution is -0.150. The van der Waals surface area contributed by atoms with Crippen molar-refractivity contribution in [2.45, 2.75) is 96.1 Å². The van der Waals surface area contributed by atoms with E-state index in [9.17, 15) is 33.6 Å². The number of urea groups is 1. The molecule has 2 aliphatic rings. The van der Waals surface area contributed by atoms with Gasteiger partial charge in [0.1, 0.15) is 12.6 Å². The molecule has 0 bridgehead atoms. The Kier molecular flexibility index (Phi) is 16.1. The lowest BCUT2D eigenvalue weighted by Gasteiger charge is -2.19. The van der Waals surface area contributed by atoms with Crippen LogP contribution in [-0.4, -0.2) is 72.1 Å². The van der Waals surface area contributed by atoms with Gasteiger partial charge in [-0.1, -0.05) is 50.7 Å². The van der Waals surface area contributed by atoms with Crippen molar-refractivity contribution in [3.63, 3.8) is 0 Å². The third-order valence-corrected chi connectivity index (χ3v) is 8.29. The molecule has 3 rings (SSSR count). The molecule has 6 N–H and O–H groups in total. The molecule has 262 valence electrons. The van der Waals surface area contributed by atoms with Crippen molar-refractivity contribution in [3.8, 4) is 0 Å². The second kappa shape index (κ2) is 20.5. The van der Waals surface area contributed by atoms with Crippen LogP contribution in [-0.2, 0) is 40.1 Å². The van der Waals surface area contributed by atoms with Crippen LogP contribution in [0, 0.1) is 5.92 Å². The van der Waals surface area contributed by atoms with Gasteiger partial charge < -0.3 is 31.7 Å². The molecule has 1 fully saturated rings. The molecule has 0 spiro atoms. The van der Waals surface area contributed by atoms with Gasteiger partial charge in [0.2, 0.25) is 17.7 Å². The minimum Gasteiger partial charge on any atom is -0.461 e. The van der Waals surface area contributed by atoms with Crippen LogP contribution in [0.15, 0.2) is 36.4 Å². The quantitative estimate of drug-likeness (QED) is 0.0891. The molecule has 0 aromatic heterocycles. The fourth-order valence-corrected chi connectivity index (χ4v) is 5.56. The Hall–Kier alpha value is -4.75. The maximum Gasteiger partial charge on any atom is 0.312 e. The number of nitrogens with one attached hydrogen (secondary N) is 4. The van der Waals surface area contributed by atoms with Gasteiger partial charge in [-0.15, -0.1) is 0 Å². The highest BCUT2D eigenvalue weighted by molar-refractivity contribution is 6.12. The number of carbonyl (C=O) groups is 7. The van der Waals surface area contributed by atoms with Gasteiger partial charge in [0.05, 0.1) is 12.5 Å². The Labute approximate surface area is 280 Å². The number of ether oxygens (including phenoxy) is 1. The van der Waals surface area contributed by atoms with Crippen LogP contribution in [0.2, 0.25) is 0 Å². The zero-order chi connectivity index (χ0) is 34.7. The number of hydrogen-bond donors (Lipinski definition) is 5. The topological polar surface area (TPSA) is 206 Å². The number of anilines is 1. The largest absolute Gasteiger partial charge is 0.461 e. The number of benzene rings is 1. The summed E-state index contributed by atoms with van der Waals surface area (Å²) < 4.78 is 5.57. The van der Waals surface area contributed by atoms with Crippen LogP contribution in [0.3, 0.4) is 0 Å². The SMILES string of the molecule is NC(=O)NCCCC(NC(=O)CNC(=O)CCCCCN1C(=O)C=CC1=O)C(=O)Nc1ccc(COC(=O)C2CCCCCCC2)cc1. The van der Waals surface area contributed by atoms with Gasteiger partial charge in [0, 0.05) is 37.3 Å². The maximum atomic E-state index is 13.1. The summed E-state index contributed by atoms with van der Waals surface area (Å²) in [4.78, 5) is 86.0. The summed E-state index contributed by atoms with van der Waals surface area (Å²) >= 11 is 0. The standard InChI is InChI=1S/C34H48N6O8/c35-34(47)36-20-9-12-27(39-29(42)22-37-28(41)13-7-4-8-21-40-30(43)18-19-31(40)44)32(45)38-26-16-14-24(15-17-26)23-48-33(46)25-10-5-2-1-3-6-11-25/h14-19,25,27H,1-13,20-23H2,(H,37,41)(H,38,45)(H,39,42)(H3,35,36,47). The van der Waals surface area contributed by atoms with E-state index in [4.69, 9.17) is 10.5 Å². The van der Waals surface area contributed by atoms with E-state index in [0.717, 1.165) is 49.0 Å². The van der Waals surface area contributed by atoms with E-state index in [1.54, 1.807) is 24.3 Å². The number of rotatable bonds is 18. The summed E-state index contributed by atoms with van der Waals surface area (Å²) in [5.74, 6) is -2.30. The average molecular weight is 669 g/mol. The van der Waals surface area contributed by atoms with Gasteiger partial charge in [-0.05, 0) is 56.2 Å². The van der Waals surface area contributed by atoms with Crippen LogP contribution in [0.5, 0.6) is 0 Å². The molecular weight excluding hydrogens is 620 g/mol. The van der Waals surface area contributed by atoms with E-state index in [1.165, 1.54) is 18.6 Å². The molecule has 1 heterocycles. The number of hydrogen-bond acceptors (Lipinski definition) is 8. The summed E-state index contributed by atoms with van der Waals surface area (Å²) in [5, 5.41) is 10.4. The first-order valence-electron chi connectivity index (χ1n) is 16.8. The third kappa shape index (κ3) is 13.9. The summed E-state index contributed by atoms with van der Waals surface area (Å²) in [6.07, 6.45) is 12.2. The Morgan fingerprint density at radius 2 is 1.50 bits per heavy atom. The van der Waals surface area contributed by atoms with Crippen molar-refractivity contribution < 1.29 is 38.3 Å². The molecule has 1 unspecified atom stereocenters. The van der Waals surface area contributed by atoms with Crippen LogP contribution >= 0.6 is 0 Å². The minimum absolute atomic E-state index is 0.0572. The number of nitrogens with two attached hydrogens (primary N) is 1. The Morgan fingerprint density at radius 3 is 2.17 bits per heavy atom. The van der Waals surface area contributed by atoms with Gasteiger partial charge in [-0.25, -0.2) is 4.79 Å². The Bertz CT molecular complexity index is 1290. The van der Waals surface area contributed by atoms with Gasteiger partial charge in [-0.2, -0.15) is 0 Å². The third-order valence-electron chi connectivity index (χ3n) is 8.29. The van der Waals surface area contributed by atoms with Crippen LogP contribution < -0.4 is 27.0 Å². The number of nitrogens with zero attached hydrogens (tertiary/aromatic N) is 1. The van der Waals surface area contributed by atoms with Gasteiger partial charge in [0.25, 0.3) is 11.8 Å².